The van der Waals surface area contributed by atoms with Crippen molar-refractivity contribution < 1.29 is 19.2 Å². The average Bonchev–Trinajstić information content (AvgIpc) is 2.92. The summed E-state index contributed by atoms with van der Waals surface area (Å²) in [5.41, 5.74) is 12.0. The molecule has 2 amide bonds. The van der Waals surface area contributed by atoms with E-state index >= 15 is 0 Å². The number of hydrogen-bond acceptors (Lipinski definition) is 6. The van der Waals surface area contributed by atoms with Gasteiger partial charge in [0.15, 0.2) is 11.6 Å². The summed E-state index contributed by atoms with van der Waals surface area (Å²) in [4.78, 5) is 48.4. The number of carbonyl (C=O) groups is 4. The van der Waals surface area contributed by atoms with Crippen LogP contribution in [0.15, 0.2) is 48.5 Å². The van der Waals surface area contributed by atoms with Gasteiger partial charge in [-0.2, -0.15) is 0 Å². The molecule has 0 saturated heterocycles. The standard InChI is InChI=1S/C30H42N4O4/c1-21(27(35)23-15-9-11-17-25(23)29(31)37)33-19-13-7-5-3-4-6-8-14-20-34-22(2)28(36)24-16-10-12-18-26(24)30(32)38/h9-12,15-18,21-22,33-34H,3-8,13-14,19-20H2,1-2H3,(H2,31,37)(H2,32,38). The molecule has 2 unspecified atom stereocenters. The fraction of sp³-hybridized carbons (Fsp3) is 0.467. The zero-order valence-corrected chi connectivity index (χ0v) is 22.6. The van der Waals surface area contributed by atoms with E-state index in [1.807, 2.05) is 13.8 Å². The van der Waals surface area contributed by atoms with Gasteiger partial charge in [-0.1, -0.05) is 74.9 Å². The van der Waals surface area contributed by atoms with Gasteiger partial charge in [0.25, 0.3) is 0 Å². The largest absolute Gasteiger partial charge is 0.366 e. The van der Waals surface area contributed by atoms with Crippen molar-refractivity contribution in [2.45, 2.75) is 77.3 Å². The predicted octanol–water partition coefficient (Wildman–Crippen LogP) is 4.03. The van der Waals surface area contributed by atoms with Crippen molar-refractivity contribution in [3.05, 3.63) is 70.8 Å². The van der Waals surface area contributed by atoms with Crippen molar-refractivity contribution in [1.82, 2.24) is 10.6 Å². The second-order valence-electron chi connectivity index (χ2n) is 9.73. The number of nitrogens with one attached hydrogen (secondary N) is 2. The lowest BCUT2D eigenvalue weighted by atomic mass is 9.99. The lowest BCUT2D eigenvalue weighted by Gasteiger charge is -2.14. The Bertz CT molecular complexity index is 1000. The minimum absolute atomic E-state index is 0.122. The first-order valence-electron chi connectivity index (χ1n) is 13.6. The van der Waals surface area contributed by atoms with Crippen molar-refractivity contribution >= 4 is 23.4 Å². The number of amides is 2. The molecule has 0 aliphatic heterocycles. The maximum Gasteiger partial charge on any atom is 0.249 e. The molecule has 6 N–H and O–H groups in total. The number of benzene rings is 2. The lowest BCUT2D eigenvalue weighted by molar-refractivity contribution is 0.0933. The third-order valence-corrected chi connectivity index (χ3v) is 6.71. The summed E-state index contributed by atoms with van der Waals surface area (Å²) in [6, 6.07) is 12.6. The molecule has 0 saturated carbocycles. The molecule has 2 aromatic rings. The van der Waals surface area contributed by atoms with Gasteiger partial charge in [0.05, 0.1) is 12.1 Å². The Morgan fingerprint density at radius 1 is 0.553 bits per heavy atom. The number of primary amides is 2. The van der Waals surface area contributed by atoms with E-state index in [9.17, 15) is 19.2 Å². The van der Waals surface area contributed by atoms with Gasteiger partial charge >= 0.3 is 0 Å². The zero-order valence-electron chi connectivity index (χ0n) is 22.6. The third-order valence-electron chi connectivity index (χ3n) is 6.71. The van der Waals surface area contributed by atoms with E-state index in [0.29, 0.717) is 11.1 Å². The fourth-order valence-electron chi connectivity index (χ4n) is 4.43. The van der Waals surface area contributed by atoms with Crippen LogP contribution in [0.5, 0.6) is 0 Å². The van der Waals surface area contributed by atoms with E-state index in [1.165, 1.54) is 12.8 Å². The predicted molar refractivity (Wildman–Crippen MR) is 150 cm³/mol. The Hall–Kier alpha value is -3.36. The van der Waals surface area contributed by atoms with Gasteiger partial charge in [0.2, 0.25) is 11.8 Å². The van der Waals surface area contributed by atoms with Crippen molar-refractivity contribution in [3.63, 3.8) is 0 Å². The molecule has 0 spiro atoms. The highest BCUT2D eigenvalue weighted by molar-refractivity contribution is 6.10. The molecule has 0 bridgehead atoms. The highest BCUT2D eigenvalue weighted by Crippen LogP contribution is 2.13. The Labute approximate surface area is 225 Å². The monoisotopic (exact) mass is 522 g/mol. The molecule has 0 fully saturated rings. The van der Waals surface area contributed by atoms with Crippen LogP contribution in [-0.4, -0.2) is 48.6 Å². The van der Waals surface area contributed by atoms with E-state index in [2.05, 4.69) is 10.6 Å². The molecule has 0 aliphatic rings. The van der Waals surface area contributed by atoms with Crippen LogP contribution in [0.3, 0.4) is 0 Å². The molecule has 38 heavy (non-hydrogen) atoms. The van der Waals surface area contributed by atoms with Crippen LogP contribution in [0.25, 0.3) is 0 Å². The second-order valence-corrected chi connectivity index (χ2v) is 9.73. The first-order valence-corrected chi connectivity index (χ1v) is 13.6. The lowest BCUT2D eigenvalue weighted by Crippen LogP contribution is -2.35. The molecular formula is C30H42N4O4. The van der Waals surface area contributed by atoms with Crippen LogP contribution in [0, 0.1) is 0 Å². The molecule has 0 radical (unpaired) electrons. The van der Waals surface area contributed by atoms with Crippen molar-refractivity contribution in [1.29, 1.82) is 0 Å². The van der Waals surface area contributed by atoms with E-state index < -0.39 is 11.8 Å². The molecular weight excluding hydrogens is 480 g/mol. The Morgan fingerprint density at radius 3 is 1.16 bits per heavy atom. The number of carbonyl (C=O) groups excluding carboxylic acids is 4. The summed E-state index contributed by atoms with van der Waals surface area (Å²) in [6.45, 7) is 5.12. The van der Waals surface area contributed by atoms with E-state index in [4.69, 9.17) is 11.5 Å². The summed E-state index contributed by atoms with van der Waals surface area (Å²) in [5.74, 6) is -1.43. The van der Waals surface area contributed by atoms with Crippen molar-refractivity contribution in [2.24, 2.45) is 11.5 Å². The summed E-state index contributed by atoms with van der Waals surface area (Å²) in [5, 5.41) is 6.51. The molecule has 8 nitrogen and oxygen atoms in total. The van der Waals surface area contributed by atoms with Gasteiger partial charge in [0.1, 0.15) is 0 Å². The molecule has 0 aliphatic carbocycles. The van der Waals surface area contributed by atoms with Crippen molar-refractivity contribution in [3.8, 4) is 0 Å². The smallest absolute Gasteiger partial charge is 0.249 e. The molecule has 0 heterocycles. The van der Waals surface area contributed by atoms with Gasteiger partial charge in [-0.25, -0.2) is 0 Å². The summed E-state index contributed by atoms with van der Waals surface area (Å²) in [7, 11) is 0. The first-order chi connectivity index (χ1) is 18.2. The van der Waals surface area contributed by atoms with Gasteiger partial charge in [-0.05, 0) is 51.9 Å². The zero-order chi connectivity index (χ0) is 27.9. The number of rotatable bonds is 19. The Balaban J connectivity index is 1.51. The number of unbranched alkanes of at least 4 members (excludes halogenated alkanes) is 7. The van der Waals surface area contributed by atoms with Crippen LogP contribution in [0.1, 0.15) is 107 Å². The van der Waals surface area contributed by atoms with Crippen LogP contribution >= 0.6 is 0 Å². The van der Waals surface area contributed by atoms with Crippen LogP contribution in [0.4, 0.5) is 0 Å². The number of Topliss-reactive ketones (excluding diaryl/α,β-unsaturated/α-hetero) is 2. The number of hydrogen-bond donors (Lipinski definition) is 4. The van der Waals surface area contributed by atoms with Gasteiger partial charge in [0, 0.05) is 22.3 Å². The van der Waals surface area contributed by atoms with E-state index in [1.54, 1.807) is 48.5 Å². The minimum Gasteiger partial charge on any atom is -0.366 e. The summed E-state index contributed by atoms with van der Waals surface area (Å²) in [6.07, 6.45) is 8.82. The maximum atomic E-state index is 12.6. The Morgan fingerprint density at radius 2 is 0.842 bits per heavy atom. The minimum atomic E-state index is -0.592. The topological polar surface area (TPSA) is 144 Å². The SMILES string of the molecule is CC(NCCCCCCCCCCNC(C)C(=O)c1ccccc1C(N)=O)C(=O)c1ccccc1C(N)=O. The first kappa shape index (κ1) is 30.9. The highest BCUT2D eigenvalue weighted by atomic mass is 16.2. The maximum absolute atomic E-state index is 12.6. The van der Waals surface area contributed by atoms with Crippen LogP contribution < -0.4 is 22.1 Å². The second kappa shape index (κ2) is 16.5. The quantitative estimate of drug-likeness (QED) is 0.162. The molecule has 2 aromatic carbocycles. The van der Waals surface area contributed by atoms with E-state index in [-0.39, 0.29) is 34.8 Å². The third kappa shape index (κ3) is 9.84. The van der Waals surface area contributed by atoms with Gasteiger partial charge in [-0.15, -0.1) is 0 Å². The van der Waals surface area contributed by atoms with Crippen LogP contribution in [-0.2, 0) is 0 Å². The van der Waals surface area contributed by atoms with E-state index in [0.717, 1.165) is 51.6 Å². The summed E-state index contributed by atoms with van der Waals surface area (Å²) >= 11 is 0. The van der Waals surface area contributed by atoms with Gasteiger partial charge < -0.3 is 22.1 Å². The highest BCUT2D eigenvalue weighted by Gasteiger charge is 2.20. The average molecular weight is 523 g/mol. The molecule has 2 atom stereocenters. The molecule has 2 rings (SSSR count). The molecule has 0 aromatic heterocycles. The van der Waals surface area contributed by atoms with Crippen LogP contribution in [0.2, 0.25) is 0 Å². The number of ketones is 2. The van der Waals surface area contributed by atoms with Crippen molar-refractivity contribution in [2.75, 3.05) is 13.1 Å². The molecule has 8 heteroatoms. The molecule has 206 valence electrons. The van der Waals surface area contributed by atoms with Gasteiger partial charge in [-0.3, -0.25) is 19.2 Å². The summed E-state index contributed by atoms with van der Waals surface area (Å²) < 4.78 is 0. The number of nitrogens with two attached hydrogens (primary N) is 2. The normalized spacial score (nSPS) is 12.6. The fourth-order valence-corrected chi connectivity index (χ4v) is 4.43. The Kier molecular flexibility index (Phi) is 13.4.